The van der Waals surface area contributed by atoms with Crippen molar-refractivity contribution in [3.8, 4) is 0 Å². The molecule has 0 atom stereocenters. The molecule has 2 aromatic carbocycles. The smallest absolute Gasteiger partial charge is 0.352 e. The van der Waals surface area contributed by atoms with E-state index >= 15 is 0 Å². The van der Waals surface area contributed by atoms with Gasteiger partial charge in [-0.1, -0.05) is 6.07 Å². The normalized spacial score (nSPS) is 17.3. The van der Waals surface area contributed by atoms with Crippen LogP contribution in [0, 0.1) is 10.1 Å². The second-order valence-corrected chi connectivity index (χ2v) is 6.77. The fraction of sp³-hybridized carbons (Fsp3) is 0.263. The Morgan fingerprint density at radius 1 is 1.23 bits per heavy atom. The van der Waals surface area contributed by atoms with Crippen LogP contribution in [0.5, 0.6) is 0 Å². The number of anilines is 3. The summed E-state index contributed by atoms with van der Waals surface area (Å²) in [6.45, 7) is 1.44. The second kappa shape index (κ2) is 7.34. The molecule has 0 spiro atoms. The molecule has 1 saturated heterocycles. The van der Waals surface area contributed by atoms with Crippen LogP contribution in [0.1, 0.15) is 15.9 Å². The molecule has 2 aliphatic heterocycles. The first-order valence-corrected chi connectivity index (χ1v) is 9.04. The molecule has 2 aromatic rings. The Labute approximate surface area is 168 Å². The van der Waals surface area contributed by atoms with Gasteiger partial charge in [0, 0.05) is 24.8 Å². The molecule has 2 amide bonds. The number of halogens is 2. The number of amides is 2. The van der Waals surface area contributed by atoms with Gasteiger partial charge < -0.3 is 20.3 Å². The molecule has 2 heterocycles. The van der Waals surface area contributed by atoms with Crippen molar-refractivity contribution in [1.82, 2.24) is 0 Å². The molecule has 0 bridgehead atoms. The molecule has 2 N–H and O–H groups in total. The van der Waals surface area contributed by atoms with E-state index in [1.165, 1.54) is 30.3 Å². The summed E-state index contributed by atoms with van der Waals surface area (Å²) in [5.74, 6) is -5.84. The number of rotatable bonds is 4. The highest BCUT2D eigenvalue weighted by molar-refractivity contribution is 6.10. The number of nitrogens with zero attached hydrogens (tertiary/aromatic N) is 2. The number of morpholine rings is 1. The van der Waals surface area contributed by atoms with Crippen LogP contribution >= 0.6 is 0 Å². The minimum atomic E-state index is -3.71. The number of fused-ring (bicyclic) bond motifs is 1. The molecule has 11 heteroatoms. The summed E-state index contributed by atoms with van der Waals surface area (Å²) in [6, 6.07) is 7.76. The fourth-order valence-corrected chi connectivity index (χ4v) is 3.49. The maximum Gasteiger partial charge on any atom is 0.352 e. The first-order valence-electron chi connectivity index (χ1n) is 9.04. The molecule has 0 aromatic heterocycles. The zero-order valence-electron chi connectivity index (χ0n) is 15.5. The van der Waals surface area contributed by atoms with Crippen LogP contribution in [0.25, 0.3) is 0 Å². The van der Waals surface area contributed by atoms with Crippen molar-refractivity contribution < 1.29 is 28.0 Å². The fourth-order valence-electron chi connectivity index (χ4n) is 3.49. The predicted molar refractivity (Wildman–Crippen MR) is 103 cm³/mol. The number of ether oxygens (including phenoxy) is 1. The van der Waals surface area contributed by atoms with Gasteiger partial charge in [-0.3, -0.25) is 19.7 Å². The molecular formula is C19H16F2N4O5. The average molecular weight is 418 g/mol. The van der Waals surface area contributed by atoms with Gasteiger partial charge in [0.05, 0.1) is 35.0 Å². The third-order valence-electron chi connectivity index (χ3n) is 4.93. The van der Waals surface area contributed by atoms with Crippen molar-refractivity contribution in [2.75, 3.05) is 41.8 Å². The van der Waals surface area contributed by atoms with Gasteiger partial charge in [-0.25, -0.2) is 0 Å². The van der Waals surface area contributed by atoms with Gasteiger partial charge >= 0.3 is 5.92 Å². The van der Waals surface area contributed by atoms with E-state index in [0.29, 0.717) is 26.3 Å². The molecular weight excluding hydrogens is 402 g/mol. The van der Waals surface area contributed by atoms with Crippen LogP contribution in [0.2, 0.25) is 0 Å². The molecule has 9 nitrogen and oxygen atoms in total. The van der Waals surface area contributed by atoms with E-state index in [2.05, 4.69) is 10.6 Å². The number of alkyl halides is 2. The Bertz CT molecular complexity index is 1050. The van der Waals surface area contributed by atoms with E-state index in [4.69, 9.17) is 4.74 Å². The van der Waals surface area contributed by atoms with Crippen LogP contribution in [0.15, 0.2) is 36.4 Å². The summed E-state index contributed by atoms with van der Waals surface area (Å²) >= 11 is 0. The Kier molecular flexibility index (Phi) is 4.82. The van der Waals surface area contributed by atoms with Gasteiger partial charge in [-0.2, -0.15) is 8.78 Å². The van der Waals surface area contributed by atoms with Crippen molar-refractivity contribution in [2.45, 2.75) is 5.92 Å². The van der Waals surface area contributed by atoms with E-state index in [0.717, 1.165) is 6.07 Å². The summed E-state index contributed by atoms with van der Waals surface area (Å²) in [6.07, 6.45) is 0. The molecule has 4 rings (SSSR count). The van der Waals surface area contributed by atoms with Crippen LogP contribution in [0.4, 0.5) is 31.5 Å². The third kappa shape index (κ3) is 3.32. The summed E-state index contributed by atoms with van der Waals surface area (Å²) in [5, 5.41) is 16.1. The lowest BCUT2D eigenvalue weighted by Crippen LogP contribution is -2.37. The maximum atomic E-state index is 14.0. The van der Waals surface area contributed by atoms with Crippen molar-refractivity contribution in [1.29, 1.82) is 0 Å². The number of nitro groups is 1. The van der Waals surface area contributed by atoms with Crippen molar-refractivity contribution in [3.05, 3.63) is 57.6 Å². The summed E-state index contributed by atoms with van der Waals surface area (Å²) in [4.78, 5) is 37.0. The molecule has 0 radical (unpaired) electrons. The monoisotopic (exact) mass is 418 g/mol. The number of nitro benzene ring substituents is 1. The summed E-state index contributed by atoms with van der Waals surface area (Å²) in [7, 11) is 0. The van der Waals surface area contributed by atoms with Gasteiger partial charge in [-0.15, -0.1) is 0 Å². The first-order chi connectivity index (χ1) is 14.3. The highest BCUT2D eigenvalue weighted by Crippen LogP contribution is 2.41. The van der Waals surface area contributed by atoms with E-state index in [1.54, 1.807) is 4.90 Å². The summed E-state index contributed by atoms with van der Waals surface area (Å²) in [5.41, 5.74) is -0.599. The SMILES string of the molecule is O=C(Nc1ccc2c(c1)C(F)(F)C(=O)N2)c1cccc([N+](=O)[O-])c1N1CCOCC1. The van der Waals surface area contributed by atoms with Crippen molar-refractivity contribution in [3.63, 3.8) is 0 Å². The Balaban J connectivity index is 1.68. The minimum absolute atomic E-state index is 0.0348. The zero-order valence-corrected chi connectivity index (χ0v) is 15.5. The van der Waals surface area contributed by atoms with Crippen LogP contribution in [-0.4, -0.2) is 43.0 Å². The first kappa shape index (κ1) is 19.7. The lowest BCUT2D eigenvalue weighted by molar-refractivity contribution is -0.384. The van der Waals surface area contributed by atoms with Crippen LogP contribution in [0.3, 0.4) is 0 Å². The third-order valence-corrected chi connectivity index (χ3v) is 4.93. The summed E-state index contributed by atoms with van der Waals surface area (Å²) < 4.78 is 33.3. The predicted octanol–water partition coefficient (Wildman–Crippen LogP) is 2.73. The molecule has 0 aliphatic carbocycles. The van der Waals surface area contributed by atoms with Gasteiger partial charge in [0.25, 0.3) is 17.5 Å². The van der Waals surface area contributed by atoms with Gasteiger partial charge in [-0.05, 0) is 24.3 Å². The number of carbonyl (C=O) groups excluding carboxylic acids is 2. The number of hydrogen-bond donors (Lipinski definition) is 2. The molecule has 0 unspecified atom stereocenters. The maximum absolute atomic E-state index is 14.0. The minimum Gasteiger partial charge on any atom is -0.378 e. The molecule has 1 fully saturated rings. The number of carbonyl (C=O) groups is 2. The molecule has 0 saturated carbocycles. The number of benzene rings is 2. The second-order valence-electron chi connectivity index (χ2n) is 6.77. The number of para-hydroxylation sites is 1. The van der Waals surface area contributed by atoms with Crippen molar-refractivity contribution in [2.24, 2.45) is 0 Å². The quantitative estimate of drug-likeness (QED) is 0.583. The van der Waals surface area contributed by atoms with Crippen LogP contribution in [-0.2, 0) is 15.5 Å². The van der Waals surface area contributed by atoms with Crippen LogP contribution < -0.4 is 15.5 Å². The number of nitrogens with one attached hydrogen (secondary N) is 2. The molecule has 30 heavy (non-hydrogen) atoms. The zero-order chi connectivity index (χ0) is 21.5. The Hall–Kier alpha value is -3.60. The van der Waals surface area contributed by atoms with Gasteiger partial charge in [0.1, 0.15) is 5.69 Å². The highest BCUT2D eigenvalue weighted by Gasteiger charge is 2.48. The standard InChI is InChI=1S/C19H16F2N4O5/c20-19(21)13-10-11(4-5-14(13)23-18(19)27)22-17(26)12-2-1-3-15(25(28)29)16(12)24-6-8-30-9-7-24/h1-5,10H,6-9H2,(H,22,26)(H,23,27). The largest absolute Gasteiger partial charge is 0.378 e. The van der Waals surface area contributed by atoms with E-state index < -0.39 is 28.2 Å². The number of hydrogen-bond acceptors (Lipinski definition) is 6. The average Bonchev–Trinajstić information content (AvgIpc) is 2.96. The lowest BCUT2D eigenvalue weighted by Gasteiger charge is -2.29. The van der Waals surface area contributed by atoms with Gasteiger partial charge in [0.15, 0.2) is 0 Å². The highest BCUT2D eigenvalue weighted by atomic mass is 19.3. The van der Waals surface area contributed by atoms with E-state index in [1.807, 2.05) is 0 Å². The Morgan fingerprint density at radius 3 is 2.67 bits per heavy atom. The Morgan fingerprint density at radius 2 is 1.97 bits per heavy atom. The molecule has 156 valence electrons. The molecule has 2 aliphatic rings. The van der Waals surface area contributed by atoms with E-state index in [9.17, 15) is 28.5 Å². The van der Waals surface area contributed by atoms with E-state index in [-0.39, 0.29) is 28.3 Å². The topological polar surface area (TPSA) is 114 Å². The lowest BCUT2D eigenvalue weighted by atomic mass is 10.1. The van der Waals surface area contributed by atoms with Gasteiger partial charge in [0.2, 0.25) is 0 Å². The van der Waals surface area contributed by atoms with Crippen molar-refractivity contribution >= 4 is 34.6 Å².